The molecule has 3 aromatic rings. The van der Waals surface area contributed by atoms with Gasteiger partial charge in [-0.1, -0.05) is 23.7 Å². The van der Waals surface area contributed by atoms with Gasteiger partial charge in [-0.15, -0.1) is 0 Å². The van der Waals surface area contributed by atoms with Crippen LogP contribution in [0.25, 0.3) is 0 Å². The number of hydrogen-bond acceptors (Lipinski definition) is 6. The van der Waals surface area contributed by atoms with Crippen molar-refractivity contribution in [2.24, 2.45) is 5.73 Å². The molecular weight excluding hydrogens is 480 g/mol. The van der Waals surface area contributed by atoms with Crippen LogP contribution in [0.1, 0.15) is 11.1 Å². The molecule has 2 N–H and O–H groups in total. The highest BCUT2D eigenvalue weighted by molar-refractivity contribution is 7.92. The van der Waals surface area contributed by atoms with Crippen LogP contribution in [0, 0.1) is 0 Å². The lowest BCUT2D eigenvalue weighted by atomic mass is 10.0. The fourth-order valence-corrected chi connectivity index (χ4v) is 5.17. The highest BCUT2D eigenvalue weighted by Gasteiger charge is 2.29. The number of nitrogens with zero attached hydrogens (tertiary/aromatic N) is 1. The molecule has 3 aromatic carbocycles. The smallest absolute Gasteiger partial charge is 0.264 e. The quantitative estimate of drug-likeness (QED) is 0.451. The zero-order valence-corrected chi connectivity index (χ0v) is 20.5. The van der Waals surface area contributed by atoms with Gasteiger partial charge in [0.2, 0.25) is 5.91 Å². The molecular formula is C24H25ClN2O6S. The number of nitrogens with two attached hydrogens (primary N) is 1. The van der Waals surface area contributed by atoms with Crippen LogP contribution in [0.5, 0.6) is 17.2 Å². The van der Waals surface area contributed by atoms with E-state index in [1.165, 1.54) is 32.4 Å². The maximum atomic E-state index is 13.7. The fourth-order valence-electron chi connectivity index (χ4n) is 3.49. The van der Waals surface area contributed by atoms with Crippen LogP contribution >= 0.6 is 11.6 Å². The van der Waals surface area contributed by atoms with Crippen LogP contribution < -0.4 is 24.2 Å². The van der Waals surface area contributed by atoms with Gasteiger partial charge in [-0.25, -0.2) is 8.42 Å². The highest BCUT2D eigenvalue weighted by Crippen LogP contribution is 2.34. The van der Waals surface area contributed by atoms with E-state index >= 15 is 0 Å². The lowest BCUT2D eigenvalue weighted by Crippen LogP contribution is -2.39. The molecule has 0 spiro atoms. The summed E-state index contributed by atoms with van der Waals surface area (Å²) in [5.41, 5.74) is 7.18. The van der Waals surface area contributed by atoms with Crippen LogP contribution in [0.4, 0.5) is 5.69 Å². The zero-order valence-electron chi connectivity index (χ0n) is 18.9. The van der Waals surface area contributed by atoms with Crippen LogP contribution in [0.3, 0.4) is 0 Å². The molecule has 0 saturated heterocycles. The highest BCUT2D eigenvalue weighted by atomic mass is 35.5. The second kappa shape index (κ2) is 10.7. The zero-order chi connectivity index (χ0) is 24.9. The molecule has 1 amide bonds. The first-order valence-electron chi connectivity index (χ1n) is 10.1. The van der Waals surface area contributed by atoms with Gasteiger partial charge < -0.3 is 19.9 Å². The Hall–Kier alpha value is -3.43. The summed E-state index contributed by atoms with van der Waals surface area (Å²) >= 11 is 6.24. The molecule has 0 fully saturated rings. The Morgan fingerprint density at radius 1 is 0.941 bits per heavy atom. The van der Waals surface area contributed by atoms with Gasteiger partial charge in [-0.3, -0.25) is 9.10 Å². The summed E-state index contributed by atoms with van der Waals surface area (Å²) in [5.74, 6) is 0.447. The summed E-state index contributed by atoms with van der Waals surface area (Å²) in [6.45, 7) is -0.566. The first-order chi connectivity index (χ1) is 16.2. The predicted molar refractivity (Wildman–Crippen MR) is 131 cm³/mol. The Kier molecular flexibility index (Phi) is 7.90. The lowest BCUT2D eigenvalue weighted by Gasteiger charge is -2.26. The molecule has 0 bridgehead atoms. The van der Waals surface area contributed by atoms with Gasteiger partial charge in [-0.2, -0.15) is 0 Å². The number of halogens is 1. The number of ether oxygens (including phenoxy) is 3. The number of primary amides is 1. The van der Waals surface area contributed by atoms with E-state index < -0.39 is 22.5 Å². The molecule has 0 unspecified atom stereocenters. The van der Waals surface area contributed by atoms with Crippen LogP contribution in [-0.2, 0) is 21.2 Å². The summed E-state index contributed by atoms with van der Waals surface area (Å²) in [7, 11) is 0.198. The summed E-state index contributed by atoms with van der Waals surface area (Å²) in [4.78, 5) is 11.8. The van der Waals surface area contributed by atoms with Crippen molar-refractivity contribution < 1.29 is 27.4 Å². The number of carbonyl (C=O) groups excluding carboxylic acids is 1. The molecule has 0 aliphatic rings. The Balaban J connectivity index is 2.13. The van der Waals surface area contributed by atoms with Crippen molar-refractivity contribution in [3.05, 3.63) is 76.8 Å². The summed E-state index contributed by atoms with van der Waals surface area (Å²) in [6.07, 6.45) is 0.337. The minimum absolute atomic E-state index is 0.0892. The van der Waals surface area contributed by atoms with Crippen molar-refractivity contribution in [3.8, 4) is 17.2 Å². The molecule has 0 heterocycles. The van der Waals surface area contributed by atoms with Crippen molar-refractivity contribution in [2.75, 3.05) is 32.2 Å². The maximum absolute atomic E-state index is 13.7. The van der Waals surface area contributed by atoms with Crippen molar-refractivity contribution in [1.29, 1.82) is 0 Å². The van der Waals surface area contributed by atoms with E-state index in [4.69, 9.17) is 31.5 Å². The Morgan fingerprint density at radius 2 is 1.68 bits per heavy atom. The van der Waals surface area contributed by atoms with Gasteiger partial charge in [0.25, 0.3) is 10.0 Å². The molecule has 0 atom stereocenters. The van der Waals surface area contributed by atoms with Gasteiger partial charge in [0.1, 0.15) is 12.3 Å². The van der Waals surface area contributed by atoms with Gasteiger partial charge >= 0.3 is 0 Å². The van der Waals surface area contributed by atoms with E-state index in [0.717, 1.165) is 9.87 Å². The second-order valence-corrected chi connectivity index (χ2v) is 9.59. The molecule has 0 saturated carbocycles. The minimum atomic E-state index is -4.22. The Morgan fingerprint density at radius 3 is 2.32 bits per heavy atom. The Bertz CT molecular complexity index is 1300. The molecule has 34 heavy (non-hydrogen) atoms. The number of hydrogen-bond donors (Lipinski definition) is 1. The third-order valence-corrected chi connectivity index (χ3v) is 7.07. The molecule has 0 aliphatic heterocycles. The number of carbonyl (C=O) groups is 1. The van der Waals surface area contributed by atoms with Crippen molar-refractivity contribution in [3.63, 3.8) is 0 Å². The lowest BCUT2D eigenvalue weighted by molar-refractivity contribution is -0.116. The molecule has 0 aromatic heterocycles. The van der Waals surface area contributed by atoms with E-state index in [-0.39, 0.29) is 16.3 Å². The van der Waals surface area contributed by atoms with Gasteiger partial charge in [0, 0.05) is 11.1 Å². The first kappa shape index (κ1) is 25.2. The van der Waals surface area contributed by atoms with Gasteiger partial charge in [-0.05, 0) is 60.0 Å². The third-order valence-electron chi connectivity index (χ3n) is 5.08. The van der Waals surface area contributed by atoms with E-state index in [1.807, 2.05) is 24.3 Å². The van der Waals surface area contributed by atoms with E-state index in [2.05, 4.69) is 0 Å². The maximum Gasteiger partial charge on any atom is 0.264 e. The number of benzene rings is 3. The number of sulfonamides is 1. The molecule has 0 radical (unpaired) electrons. The van der Waals surface area contributed by atoms with Gasteiger partial charge in [0.05, 0.1) is 31.9 Å². The largest absolute Gasteiger partial charge is 0.497 e. The second-order valence-electron chi connectivity index (χ2n) is 7.30. The van der Waals surface area contributed by atoms with E-state index in [9.17, 15) is 13.2 Å². The number of methoxy groups -OCH3 is 3. The topological polar surface area (TPSA) is 108 Å². The van der Waals surface area contributed by atoms with Gasteiger partial charge in [0.15, 0.2) is 11.5 Å². The minimum Gasteiger partial charge on any atom is -0.497 e. The molecule has 8 nitrogen and oxygen atoms in total. The summed E-state index contributed by atoms with van der Waals surface area (Å²) in [5, 5.41) is 0.421. The average Bonchev–Trinajstić information content (AvgIpc) is 2.82. The van der Waals surface area contributed by atoms with Crippen molar-refractivity contribution >= 4 is 33.2 Å². The molecule has 3 rings (SSSR count). The number of amides is 1. The van der Waals surface area contributed by atoms with Crippen LogP contribution in [0.2, 0.25) is 5.02 Å². The third kappa shape index (κ3) is 5.55. The average molecular weight is 505 g/mol. The van der Waals surface area contributed by atoms with Crippen LogP contribution in [0.15, 0.2) is 65.6 Å². The monoisotopic (exact) mass is 504 g/mol. The molecule has 10 heteroatoms. The van der Waals surface area contributed by atoms with Crippen molar-refractivity contribution in [2.45, 2.75) is 11.3 Å². The van der Waals surface area contributed by atoms with Crippen molar-refractivity contribution in [1.82, 2.24) is 0 Å². The van der Waals surface area contributed by atoms with Crippen LogP contribution in [-0.4, -0.2) is 42.2 Å². The normalized spacial score (nSPS) is 11.1. The summed E-state index contributed by atoms with van der Waals surface area (Å²) in [6, 6.07) is 16.3. The standard InChI is InChI=1S/C24H25ClN2O6S/c1-31-19-6-4-5-16(12-19)11-17-13-18(25)7-9-21(17)27(15-24(26)28)34(29,30)20-8-10-22(32-2)23(14-20)33-3/h4-10,12-14H,11,15H2,1-3H3,(H2,26,28). The number of rotatable bonds is 10. The first-order valence-corrected chi connectivity index (χ1v) is 12.0. The number of anilines is 1. The summed E-state index contributed by atoms with van der Waals surface area (Å²) < 4.78 is 44.1. The SMILES string of the molecule is COc1cccc(Cc2cc(Cl)ccc2N(CC(N)=O)S(=O)(=O)c2ccc(OC)c(OC)c2)c1. The van der Waals surface area contributed by atoms with E-state index in [0.29, 0.717) is 28.5 Å². The molecule has 0 aliphatic carbocycles. The molecule has 180 valence electrons. The Labute approximate surface area is 203 Å². The van der Waals surface area contributed by atoms with E-state index in [1.54, 1.807) is 25.3 Å². The fraction of sp³-hybridized carbons (Fsp3) is 0.208. The predicted octanol–water partition coefficient (Wildman–Crippen LogP) is 3.64.